The maximum atomic E-state index is 12.3. The van der Waals surface area contributed by atoms with Gasteiger partial charge < -0.3 is 15.0 Å². The molecule has 19 heavy (non-hydrogen) atoms. The predicted molar refractivity (Wildman–Crippen MR) is 73.0 cm³/mol. The zero-order chi connectivity index (χ0) is 13.5. The van der Waals surface area contributed by atoms with E-state index in [1.54, 1.807) is 0 Å². The van der Waals surface area contributed by atoms with Gasteiger partial charge in [0.25, 0.3) is 0 Å². The number of nitrogens with one attached hydrogen (secondary N) is 1. The Balaban J connectivity index is 1.53. The highest BCUT2D eigenvalue weighted by Crippen LogP contribution is 2.25. The molecule has 3 fully saturated rings. The molecule has 3 rings (SSSR count). The Morgan fingerprint density at radius 1 is 1.42 bits per heavy atom. The van der Waals surface area contributed by atoms with E-state index in [4.69, 9.17) is 4.74 Å². The molecule has 0 aromatic rings. The highest BCUT2D eigenvalue weighted by Gasteiger charge is 2.38. The second kappa shape index (κ2) is 5.04. The second-order valence-corrected chi connectivity index (χ2v) is 6.53. The van der Waals surface area contributed by atoms with Crippen LogP contribution in [0.4, 0.5) is 0 Å². The SMILES string of the molecule is CC1CN2CCCC2CN1C(=O)COC1(C)CNC1. The number of hydrogen-bond donors (Lipinski definition) is 1. The monoisotopic (exact) mass is 267 g/mol. The Morgan fingerprint density at radius 3 is 2.89 bits per heavy atom. The van der Waals surface area contributed by atoms with E-state index < -0.39 is 0 Å². The Hall–Kier alpha value is -0.650. The molecule has 0 aromatic carbocycles. The largest absolute Gasteiger partial charge is 0.363 e. The van der Waals surface area contributed by atoms with Crippen molar-refractivity contribution in [1.29, 1.82) is 0 Å². The minimum atomic E-state index is -0.131. The molecule has 0 aliphatic carbocycles. The third-order valence-electron chi connectivity index (χ3n) is 4.80. The topological polar surface area (TPSA) is 44.8 Å². The quantitative estimate of drug-likeness (QED) is 0.785. The van der Waals surface area contributed by atoms with Gasteiger partial charge in [-0.05, 0) is 33.2 Å². The Bertz CT molecular complexity index is 357. The van der Waals surface area contributed by atoms with Gasteiger partial charge in [0.2, 0.25) is 5.91 Å². The van der Waals surface area contributed by atoms with E-state index in [1.807, 2.05) is 4.90 Å². The first-order chi connectivity index (χ1) is 9.07. The fourth-order valence-electron chi connectivity index (χ4n) is 3.43. The van der Waals surface area contributed by atoms with Crippen molar-refractivity contribution in [2.24, 2.45) is 0 Å². The van der Waals surface area contributed by atoms with Crippen LogP contribution in [0.5, 0.6) is 0 Å². The van der Waals surface area contributed by atoms with E-state index in [-0.39, 0.29) is 18.1 Å². The van der Waals surface area contributed by atoms with Crippen LogP contribution in [0.1, 0.15) is 26.7 Å². The number of carbonyl (C=O) groups excluding carboxylic acids is 1. The number of hydrogen-bond acceptors (Lipinski definition) is 4. The molecule has 0 radical (unpaired) electrons. The molecule has 2 unspecified atom stereocenters. The van der Waals surface area contributed by atoms with Crippen LogP contribution in [0.3, 0.4) is 0 Å². The summed E-state index contributed by atoms with van der Waals surface area (Å²) < 4.78 is 5.77. The van der Waals surface area contributed by atoms with Gasteiger partial charge in [0, 0.05) is 38.3 Å². The van der Waals surface area contributed by atoms with Crippen molar-refractivity contribution in [2.45, 2.75) is 44.4 Å². The van der Waals surface area contributed by atoms with Gasteiger partial charge in [-0.1, -0.05) is 0 Å². The fourth-order valence-corrected chi connectivity index (χ4v) is 3.43. The molecule has 3 heterocycles. The third kappa shape index (κ3) is 2.64. The molecule has 0 spiro atoms. The Morgan fingerprint density at radius 2 is 2.21 bits per heavy atom. The normalized spacial score (nSPS) is 33.9. The van der Waals surface area contributed by atoms with Gasteiger partial charge in [0.05, 0.1) is 5.60 Å². The first-order valence-corrected chi connectivity index (χ1v) is 7.46. The van der Waals surface area contributed by atoms with Gasteiger partial charge in [0.1, 0.15) is 6.61 Å². The molecule has 5 heteroatoms. The van der Waals surface area contributed by atoms with Crippen LogP contribution in [0.25, 0.3) is 0 Å². The standard InChI is InChI=1S/C14H25N3O2/c1-11-6-16-5-3-4-12(16)7-17(11)13(18)8-19-14(2)9-15-10-14/h11-12,15H,3-10H2,1-2H3. The summed E-state index contributed by atoms with van der Waals surface area (Å²) in [6.45, 7) is 9.27. The van der Waals surface area contributed by atoms with Crippen LogP contribution >= 0.6 is 0 Å². The lowest BCUT2D eigenvalue weighted by Crippen LogP contribution is -2.61. The van der Waals surface area contributed by atoms with Crippen LogP contribution in [0.2, 0.25) is 0 Å². The Labute approximate surface area is 115 Å². The van der Waals surface area contributed by atoms with Crippen molar-refractivity contribution in [3.8, 4) is 0 Å². The Kier molecular flexibility index (Phi) is 3.53. The average Bonchev–Trinajstić information content (AvgIpc) is 2.79. The minimum absolute atomic E-state index is 0.131. The van der Waals surface area contributed by atoms with Crippen LogP contribution < -0.4 is 5.32 Å². The number of amides is 1. The number of nitrogens with zero attached hydrogens (tertiary/aromatic N) is 2. The molecule has 1 N–H and O–H groups in total. The van der Waals surface area contributed by atoms with Gasteiger partial charge in [-0.2, -0.15) is 0 Å². The van der Waals surface area contributed by atoms with Crippen molar-refractivity contribution in [2.75, 3.05) is 39.3 Å². The lowest BCUT2D eigenvalue weighted by molar-refractivity contribution is -0.151. The molecule has 0 bridgehead atoms. The molecule has 5 nitrogen and oxygen atoms in total. The van der Waals surface area contributed by atoms with Crippen molar-refractivity contribution in [3.05, 3.63) is 0 Å². The summed E-state index contributed by atoms with van der Waals surface area (Å²) in [4.78, 5) is 16.9. The van der Waals surface area contributed by atoms with Crippen molar-refractivity contribution in [1.82, 2.24) is 15.1 Å². The summed E-state index contributed by atoms with van der Waals surface area (Å²) in [7, 11) is 0. The van der Waals surface area contributed by atoms with Gasteiger partial charge >= 0.3 is 0 Å². The number of piperazine rings is 1. The summed E-state index contributed by atoms with van der Waals surface area (Å²) in [6.07, 6.45) is 2.51. The summed E-state index contributed by atoms with van der Waals surface area (Å²) in [6, 6.07) is 0.902. The third-order valence-corrected chi connectivity index (χ3v) is 4.80. The number of rotatable bonds is 3. The van der Waals surface area contributed by atoms with Crippen LogP contribution in [0, 0.1) is 0 Å². The number of ether oxygens (including phenoxy) is 1. The van der Waals surface area contributed by atoms with Crippen molar-refractivity contribution in [3.63, 3.8) is 0 Å². The molecule has 3 aliphatic rings. The maximum Gasteiger partial charge on any atom is 0.248 e. The molecule has 0 saturated carbocycles. The summed E-state index contributed by atoms with van der Waals surface area (Å²) in [5.41, 5.74) is -0.131. The van der Waals surface area contributed by atoms with Crippen LogP contribution in [0.15, 0.2) is 0 Å². The maximum absolute atomic E-state index is 12.3. The van der Waals surface area contributed by atoms with Crippen LogP contribution in [-0.4, -0.2) is 72.7 Å². The summed E-state index contributed by atoms with van der Waals surface area (Å²) in [5.74, 6) is 0.159. The molecule has 108 valence electrons. The first kappa shape index (κ1) is 13.3. The molecular formula is C14H25N3O2. The molecule has 3 saturated heterocycles. The van der Waals surface area contributed by atoms with Gasteiger partial charge in [-0.3, -0.25) is 9.69 Å². The molecule has 3 aliphatic heterocycles. The minimum Gasteiger partial charge on any atom is -0.363 e. The molecule has 0 aromatic heterocycles. The van der Waals surface area contributed by atoms with E-state index >= 15 is 0 Å². The van der Waals surface area contributed by atoms with E-state index in [0.717, 1.165) is 26.2 Å². The van der Waals surface area contributed by atoms with Gasteiger partial charge in [-0.25, -0.2) is 0 Å². The summed E-state index contributed by atoms with van der Waals surface area (Å²) >= 11 is 0. The second-order valence-electron chi connectivity index (χ2n) is 6.53. The lowest BCUT2D eigenvalue weighted by Gasteiger charge is -2.43. The zero-order valence-corrected chi connectivity index (χ0v) is 12.0. The zero-order valence-electron chi connectivity index (χ0n) is 12.0. The smallest absolute Gasteiger partial charge is 0.248 e. The van der Waals surface area contributed by atoms with Crippen molar-refractivity contribution < 1.29 is 9.53 Å². The van der Waals surface area contributed by atoms with E-state index in [9.17, 15) is 4.79 Å². The summed E-state index contributed by atoms with van der Waals surface area (Å²) in [5, 5.41) is 3.19. The average molecular weight is 267 g/mol. The lowest BCUT2D eigenvalue weighted by atomic mass is 10.0. The highest BCUT2D eigenvalue weighted by molar-refractivity contribution is 5.78. The fraction of sp³-hybridized carbons (Fsp3) is 0.929. The van der Waals surface area contributed by atoms with Gasteiger partial charge in [0.15, 0.2) is 0 Å². The number of fused-ring (bicyclic) bond motifs is 1. The predicted octanol–water partition coefficient (Wildman–Crippen LogP) is 0.0600. The number of carbonyl (C=O) groups is 1. The van der Waals surface area contributed by atoms with E-state index in [1.165, 1.54) is 19.4 Å². The first-order valence-electron chi connectivity index (χ1n) is 7.46. The van der Waals surface area contributed by atoms with Gasteiger partial charge in [-0.15, -0.1) is 0 Å². The molecular weight excluding hydrogens is 242 g/mol. The van der Waals surface area contributed by atoms with E-state index in [2.05, 4.69) is 24.1 Å². The van der Waals surface area contributed by atoms with Crippen LogP contribution in [-0.2, 0) is 9.53 Å². The van der Waals surface area contributed by atoms with E-state index in [0.29, 0.717) is 12.1 Å². The molecule has 1 amide bonds. The molecule has 2 atom stereocenters. The van der Waals surface area contributed by atoms with Crippen molar-refractivity contribution >= 4 is 5.91 Å². The highest BCUT2D eigenvalue weighted by atomic mass is 16.5.